The number of aromatic hydroxyl groups is 2. The van der Waals surface area contributed by atoms with Crippen LogP contribution in [0, 0.1) is 0 Å². The quantitative estimate of drug-likeness (QED) is 0.662. The van der Waals surface area contributed by atoms with E-state index in [1.807, 2.05) is 26.8 Å². The van der Waals surface area contributed by atoms with Gasteiger partial charge in [0.05, 0.1) is 18.3 Å². The van der Waals surface area contributed by atoms with Gasteiger partial charge in [0.15, 0.2) is 5.79 Å². The van der Waals surface area contributed by atoms with E-state index in [1.165, 1.54) is 6.07 Å². The van der Waals surface area contributed by atoms with Gasteiger partial charge in [-0.15, -0.1) is 0 Å². The highest BCUT2D eigenvalue weighted by Crippen LogP contribution is 2.34. The van der Waals surface area contributed by atoms with E-state index in [0.29, 0.717) is 12.0 Å². The first-order valence-electron chi connectivity index (χ1n) is 9.54. The largest absolute Gasteiger partial charge is 0.508 e. The zero-order valence-corrected chi connectivity index (χ0v) is 16.1. The third kappa shape index (κ3) is 4.82. The van der Waals surface area contributed by atoms with E-state index in [1.54, 1.807) is 6.08 Å². The maximum Gasteiger partial charge on any atom is 0.342 e. The third-order valence-electron chi connectivity index (χ3n) is 4.94. The topological polar surface area (TPSA) is 85.2 Å². The zero-order valence-electron chi connectivity index (χ0n) is 16.1. The zero-order chi connectivity index (χ0) is 19.6. The van der Waals surface area contributed by atoms with Crippen molar-refractivity contribution in [2.45, 2.75) is 77.0 Å². The maximum atomic E-state index is 12.5. The standard InChI is InChI=1S/C21H28O6/c1-13-7-6-10-18-17(26-21(2,3)27-18)9-5-4-8-14-11-15(22)12-16(23)19(14)20(24)25-13/h4,8,11-13,17-18,22-23H,5-7,9-10H2,1-3H3/b8-4-/t13-,17-,18-/m0/s1. The van der Waals surface area contributed by atoms with Crippen LogP contribution in [0.15, 0.2) is 18.2 Å². The van der Waals surface area contributed by atoms with Crippen molar-refractivity contribution >= 4 is 12.0 Å². The van der Waals surface area contributed by atoms with E-state index in [0.717, 1.165) is 31.7 Å². The summed E-state index contributed by atoms with van der Waals surface area (Å²) in [7, 11) is 0. The van der Waals surface area contributed by atoms with E-state index >= 15 is 0 Å². The fourth-order valence-electron chi connectivity index (χ4n) is 3.76. The van der Waals surface area contributed by atoms with Gasteiger partial charge in [-0.1, -0.05) is 12.2 Å². The molecular formula is C21H28O6. The lowest BCUT2D eigenvalue weighted by molar-refractivity contribution is -0.147. The summed E-state index contributed by atoms with van der Waals surface area (Å²) < 4.78 is 17.6. The second-order valence-corrected chi connectivity index (χ2v) is 7.77. The number of hydrogen-bond acceptors (Lipinski definition) is 6. The van der Waals surface area contributed by atoms with E-state index in [-0.39, 0.29) is 35.4 Å². The number of ether oxygens (including phenoxy) is 3. The lowest BCUT2D eigenvalue weighted by Gasteiger charge is -2.19. The van der Waals surface area contributed by atoms with Gasteiger partial charge in [0.1, 0.15) is 17.1 Å². The van der Waals surface area contributed by atoms with Gasteiger partial charge in [-0.05, 0) is 64.5 Å². The molecular weight excluding hydrogens is 348 g/mol. The Morgan fingerprint density at radius 2 is 1.78 bits per heavy atom. The van der Waals surface area contributed by atoms with Crippen LogP contribution in [-0.2, 0) is 14.2 Å². The summed E-state index contributed by atoms with van der Waals surface area (Å²) in [4.78, 5) is 12.5. The number of phenolic OH excluding ortho intramolecular Hbond substituents is 2. The summed E-state index contributed by atoms with van der Waals surface area (Å²) in [6, 6.07) is 2.60. The minimum Gasteiger partial charge on any atom is -0.508 e. The third-order valence-corrected chi connectivity index (χ3v) is 4.94. The first kappa shape index (κ1) is 19.7. The van der Waals surface area contributed by atoms with E-state index in [4.69, 9.17) is 14.2 Å². The number of carbonyl (C=O) groups is 1. The smallest absolute Gasteiger partial charge is 0.342 e. The van der Waals surface area contributed by atoms with E-state index in [9.17, 15) is 15.0 Å². The van der Waals surface area contributed by atoms with Crippen molar-refractivity contribution in [2.75, 3.05) is 0 Å². The monoisotopic (exact) mass is 376 g/mol. The molecule has 1 aromatic carbocycles. The van der Waals surface area contributed by atoms with Crippen LogP contribution in [0.4, 0.5) is 0 Å². The van der Waals surface area contributed by atoms with Crippen LogP contribution in [0.3, 0.4) is 0 Å². The molecule has 0 aliphatic carbocycles. The molecule has 1 saturated heterocycles. The summed E-state index contributed by atoms with van der Waals surface area (Å²) in [6.45, 7) is 5.69. The highest BCUT2D eigenvalue weighted by Gasteiger charge is 2.40. The molecule has 0 aromatic heterocycles. The predicted molar refractivity (Wildman–Crippen MR) is 101 cm³/mol. The lowest BCUT2D eigenvalue weighted by Crippen LogP contribution is -2.23. The van der Waals surface area contributed by atoms with Crippen LogP contribution >= 0.6 is 0 Å². The summed E-state index contributed by atoms with van der Waals surface area (Å²) in [6.07, 6.45) is 7.29. The van der Waals surface area contributed by atoms with E-state index < -0.39 is 11.8 Å². The molecule has 0 spiro atoms. The number of phenols is 2. The van der Waals surface area contributed by atoms with Gasteiger partial charge in [-0.3, -0.25) is 0 Å². The summed E-state index contributed by atoms with van der Waals surface area (Å²) in [5.41, 5.74) is 0.509. The molecule has 3 atom stereocenters. The minimum atomic E-state index is -0.588. The van der Waals surface area contributed by atoms with Crippen molar-refractivity contribution in [1.82, 2.24) is 0 Å². The number of rotatable bonds is 0. The molecule has 0 bridgehead atoms. The number of carbonyl (C=O) groups excluding carboxylic acids is 1. The highest BCUT2D eigenvalue weighted by molar-refractivity contribution is 5.97. The summed E-state index contributed by atoms with van der Waals surface area (Å²) in [5, 5.41) is 19.9. The van der Waals surface area contributed by atoms with Gasteiger partial charge in [0.25, 0.3) is 0 Å². The average Bonchev–Trinajstić information content (AvgIpc) is 2.84. The molecule has 1 fully saturated rings. The first-order chi connectivity index (χ1) is 12.7. The minimum absolute atomic E-state index is 0.0162. The molecule has 0 radical (unpaired) electrons. The van der Waals surface area contributed by atoms with Crippen molar-refractivity contribution in [3.05, 3.63) is 29.3 Å². The number of cyclic esters (lactones) is 1. The van der Waals surface area contributed by atoms with Gasteiger partial charge in [0.2, 0.25) is 0 Å². The number of hydrogen-bond donors (Lipinski definition) is 2. The average molecular weight is 376 g/mol. The van der Waals surface area contributed by atoms with Crippen LogP contribution in [0.2, 0.25) is 0 Å². The summed E-state index contributed by atoms with van der Waals surface area (Å²) in [5.74, 6) is -1.56. The Hall–Kier alpha value is -2.05. The molecule has 2 aliphatic rings. The molecule has 2 N–H and O–H groups in total. The fraction of sp³-hybridized carbons (Fsp3) is 0.571. The normalized spacial score (nSPS) is 29.9. The molecule has 0 saturated carbocycles. The molecule has 6 heteroatoms. The number of benzene rings is 1. The molecule has 0 amide bonds. The molecule has 0 unspecified atom stereocenters. The van der Waals surface area contributed by atoms with Crippen LogP contribution in [0.5, 0.6) is 11.5 Å². The molecule has 6 nitrogen and oxygen atoms in total. The fourth-order valence-corrected chi connectivity index (χ4v) is 3.76. The van der Waals surface area contributed by atoms with Crippen LogP contribution in [-0.4, -0.2) is 40.3 Å². The molecule has 2 aliphatic heterocycles. The van der Waals surface area contributed by atoms with Crippen LogP contribution in [0.1, 0.15) is 68.8 Å². The van der Waals surface area contributed by atoms with Crippen molar-refractivity contribution in [1.29, 1.82) is 0 Å². The Balaban J connectivity index is 1.87. The Labute approximate surface area is 159 Å². The Kier molecular flexibility index (Phi) is 5.77. The Bertz CT molecular complexity index is 724. The van der Waals surface area contributed by atoms with E-state index in [2.05, 4.69) is 0 Å². The van der Waals surface area contributed by atoms with Crippen molar-refractivity contribution in [3.63, 3.8) is 0 Å². The number of allylic oxidation sites excluding steroid dienone is 1. The SMILES string of the molecule is C[C@H]1CCC[C@@H]2OC(C)(C)O[C@H]2CC/C=C\c2cc(O)cc(O)c2C(=O)O1. The molecule has 27 heavy (non-hydrogen) atoms. The van der Waals surface area contributed by atoms with Gasteiger partial charge < -0.3 is 24.4 Å². The van der Waals surface area contributed by atoms with Crippen LogP contribution in [0.25, 0.3) is 6.08 Å². The van der Waals surface area contributed by atoms with Crippen LogP contribution < -0.4 is 0 Å². The second kappa shape index (κ2) is 7.90. The molecule has 3 rings (SSSR count). The van der Waals surface area contributed by atoms with Crippen molar-refractivity contribution in [3.8, 4) is 11.5 Å². The second-order valence-electron chi connectivity index (χ2n) is 7.77. The Morgan fingerprint density at radius 1 is 1.07 bits per heavy atom. The molecule has 2 heterocycles. The molecule has 148 valence electrons. The van der Waals surface area contributed by atoms with Crippen molar-refractivity contribution < 1.29 is 29.2 Å². The number of fused-ring (bicyclic) bond motifs is 2. The first-order valence-corrected chi connectivity index (χ1v) is 9.54. The Morgan fingerprint density at radius 3 is 2.52 bits per heavy atom. The van der Waals surface area contributed by atoms with Gasteiger partial charge >= 0.3 is 5.97 Å². The van der Waals surface area contributed by atoms with Crippen molar-refractivity contribution in [2.24, 2.45) is 0 Å². The van der Waals surface area contributed by atoms with Gasteiger partial charge in [-0.25, -0.2) is 4.79 Å². The summed E-state index contributed by atoms with van der Waals surface area (Å²) >= 11 is 0. The van der Waals surface area contributed by atoms with Gasteiger partial charge in [-0.2, -0.15) is 0 Å². The lowest BCUT2D eigenvalue weighted by atomic mass is 10.00. The maximum absolute atomic E-state index is 12.5. The number of esters is 1. The highest BCUT2D eigenvalue weighted by atomic mass is 16.7. The van der Waals surface area contributed by atoms with Gasteiger partial charge in [0, 0.05) is 6.07 Å². The molecule has 1 aromatic rings. The predicted octanol–water partition coefficient (Wildman–Crippen LogP) is 4.14.